The molecule has 2 nitrogen and oxygen atoms in total. The monoisotopic (exact) mass is 288 g/mol. The van der Waals surface area contributed by atoms with E-state index in [9.17, 15) is 0 Å². The summed E-state index contributed by atoms with van der Waals surface area (Å²) in [6, 6.07) is 9.88. The fourth-order valence-electron chi connectivity index (χ4n) is 3.64. The van der Waals surface area contributed by atoms with Crippen molar-refractivity contribution in [1.82, 2.24) is 4.90 Å². The number of nitrogens with two attached hydrogens (primary N) is 1. The zero-order valence-corrected chi connectivity index (χ0v) is 14.0. The molecule has 2 heteroatoms. The van der Waals surface area contributed by atoms with Crippen LogP contribution in [0.2, 0.25) is 0 Å². The van der Waals surface area contributed by atoms with Crippen LogP contribution in [0.4, 0.5) is 0 Å². The molecule has 2 rings (SSSR count). The third-order valence-corrected chi connectivity index (χ3v) is 4.93. The van der Waals surface area contributed by atoms with Gasteiger partial charge in [0, 0.05) is 18.6 Å². The number of hydrogen-bond donors (Lipinski definition) is 1. The van der Waals surface area contributed by atoms with E-state index in [0.717, 1.165) is 18.5 Å². The average molecular weight is 288 g/mol. The molecule has 0 aromatic heterocycles. The van der Waals surface area contributed by atoms with Crippen molar-refractivity contribution in [3.63, 3.8) is 0 Å². The molecular weight excluding hydrogens is 256 g/mol. The SMILES string of the molecule is Cc1ccccc1C(CN)N(CCC(C)C)C1CCCC1. The minimum atomic E-state index is 0.382. The summed E-state index contributed by atoms with van der Waals surface area (Å²) in [4.78, 5) is 2.72. The molecule has 1 aromatic carbocycles. The van der Waals surface area contributed by atoms with Crippen LogP contribution in [-0.4, -0.2) is 24.0 Å². The number of aryl methyl sites for hydroxylation is 1. The molecule has 1 aliphatic rings. The van der Waals surface area contributed by atoms with Gasteiger partial charge in [0.25, 0.3) is 0 Å². The molecule has 0 saturated heterocycles. The third-order valence-electron chi connectivity index (χ3n) is 4.93. The Morgan fingerprint density at radius 2 is 1.86 bits per heavy atom. The Hall–Kier alpha value is -0.860. The van der Waals surface area contributed by atoms with Crippen molar-refractivity contribution in [2.75, 3.05) is 13.1 Å². The average Bonchev–Trinajstić information content (AvgIpc) is 2.98. The Morgan fingerprint density at radius 3 is 2.43 bits per heavy atom. The van der Waals surface area contributed by atoms with Crippen LogP contribution in [0.5, 0.6) is 0 Å². The third kappa shape index (κ3) is 4.31. The van der Waals surface area contributed by atoms with E-state index < -0.39 is 0 Å². The van der Waals surface area contributed by atoms with Crippen LogP contribution in [0.15, 0.2) is 24.3 Å². The smallest absolute Gasteiger partial charge is 0.0476 e. The molecule has 1 unspecified atom stereocenters. The maximum atomic E-state index is 6.21. The zero-order valence-electron chi connectivity index (χ0n) is 14.0. The highest BCUT2D eigenvalue weighted by atomic mass is 15.2. The summed E-state index contributed by atoms with van der Waals surface area (Å²) in [5.74, 6) is 0.754. The molecule has 21 heavy (non-hydrogen) atoms. The highest BCUT2D eigenvalue weighted by molar-refractivity contribution is 5.29. The number of rotatable bonds is 7. The van der Waals surface area contributed by atoms with E-state index in [1.807, 2.05) is 0 Å². The van der Waals surface area contributed by atoms with Gasteiger partial charge in [-0.05, 0) is 49.8 Å². The lowest BCUT2D eigenvalue weighted by Gasteiger charge is -2.37. The first-order valence-corrected chi connectivity index (χ1v) is 8.64. The first-order chi connectivity index (χ1) is 10.1. The number of hydrogen-bond acceptors (Lipinski definition) is 2. The number of benzene rings is 1. The van der Waals surface area contributed by atoms with E-state index in [1.165, 1.54) is 49.8 Å². The maximum absolute atomic E-state index is 6.21. The molecule has 1 fully saturated rings. The van der Waals surface area contributed by atoms with Gasteiger partial charge in [-0.1, -0.05) is 51.0 Å². The summed E-state index contributed by atoms with van der Waals surface area (Å²) >= 11 is 0. The second-order valence-electron chi connectivity index (χ2n) is 6.97. The Kier molecular flexibility index (Phi) is 6.25. The fraction of sp³-hybridized carbons (Fsp3) is 0.684. The van der Waals surface area contributed by atoms with E-state index in [0.29, 0.717) is 6.04 Å². The second-order valence-corrected chi connectivity index (χ2v) is 6.97. The lowest BCUT2D eigenvalue weighted by molar-refractivity contribution is 0.130. The summed E-state index contributed by atoms with van der Waals surface area (Å²) in [6.07, 6.45) is 6.72. The van der Waals surface area contributed by atoms with Crippen molar-refractivity contribution < 1.29 is 0 Å². The van der Waals surface area contributed by atoms with E-state index in [2.05, 4.69) is 49.9 Å². The van der Waals surface area contributed by atoms with Gasteiger partial charge in [0.1, 0.15) is 0 Å². The van der Waals surface area contributed by atoms with Crippen LogP contribution in [0, 0.1) is 12.8 Å². The topological polar surface area (TPSA) is 29.3 Å². The van der Waals surface area contributed by atoms with Crippen LogP contribution in [0.3, 0.4) is 0 Å². The fourth-order valence-corrected chi connectivity index (χ4v) is 3.64. The molecule has 0 spiro atoms. The summed E-state index contributed by atoms with van der Waals surface area (Å²) in [5.41, 5.74) is 9.01. The molecule has 1 aliphatic carbocycles. The van der Waals surface area contributed by atoms with Crippen molar-refractivity contribution in [2.24, 2.45) is 11.7 Å². The van der Waals surface area contributed by atoms with Crippen molar-refractivity contribution in [3.8, 4) is 0 Å². The van der Waals surface area contributed by atoms with E-state index >= 15 is 0 Å². The molecule has 1 aromatic rings. The number of nitrogens with zero attached hydrogens (tertiary/aromatic N) is 1. The molecule has 2 N–H and O–H groups in total. The molecule has 1 atom stereocenters. The van der Waals surface area contributed by atoms with Gasteiger partial charge in [0.2, 0.25) is 0 Å². The van der Waals surface area contributed by atoms with Gasteiger partial charge < -0.3 is 5.73 Å². The van der Waals surface area contributed by atoms with Crippen LogP contribution in [-0.2, 0) is 0 Å². The van der Waals surface area contributed by atoms with Gasteiger partial charge in [-0.2, -0.15) is 0 Å². The van der Waals surface area contributed by atoms with Crippen molar-refractivity contribution in [2.45, 2.75) is 65.0 Å². The zero-order chi connectivity index (χ0) is 15.2. The van der Waals surface area contributed by atoms with Gasteiger partial charge in [-0.3, -0.25) is 4.90 Å². The van der Waals surface area contributed by atoms with E-state index in [1.54, 1.807) is 0 Å². The highest BCUT2D eigenvalue weighted by Crippen LogP contribution is 2.32. The highest BCUT2D eigenvalue weighted by Gasteiger charge is 2.29. The summed E-state index contributed by atoms with van der Waals surface area (Å²) < 4.78 is 0. The second kappa shape index (κ2) is 7.95. The van der Waals surface area contributed by atoms with Gasteiger partial charge in [0.05, 0.1) is 0 Å². The molecule has 0 heterocycles. The van der Waals surface area contributed by atoms with Gasteiger partial charge in [-0.15, -0.1) is 0 Å². The first-order valence-electron chi connectivity index (χ1n) is 8.64. The van der Waals surface area contributed by atoms with Crippen molar-refractivity contribution >= 4 is 0 Å². The molecule has 0 amide bonds. The lowest BCUT2D eigenvalue weighted by Crippen LogP contribution is -2.41. The van der Waals surface area contributed by atoms with Gasteiger partial charge in [-0.25, -0.2) is 0 Å². The van der Waals surface area contributed by atoms with Crippen LogP contribution < -0.4 is 5.73 Å². The largest absolute Gasteiger partial charge is 0.329 e. The molecule has 1 saturated carbocycles. The minimum Gasteiger partial charge on any atom is -0.329 e. The lowest BCUT2D eigenvalue weighted by atomic mass is 9.97. The molecule has 118 valence electrons. The standard InChI is InChI=1S/C19H32N2/c1-15(2)12-13-21(17-9-5-6-10-17)19(14-20)18-11-7-4-8-16(18)3/h4,7-8,11,15,17,19H,5-6,9-10,12-14,20H2,1-3H3. The quantitative estimate of drug-likeness (QED) is 0.811. The Morgan fingerprint density at radius 1 is 1.19 bits per heavy atom. The predicted octanol–water partition coefficient (Wildman–Crippen LogP) is 4.29. The molecule has 0 aliphatic heterocycles. The predicted molar refractivity (Wildman–Crippen MR) is 91.4 cm³/mol. The maximum Gasteiger partial charge on any atom is 0.0476 e. The molecule has 0 radical (unpaired) electrons. The normalized spacial score (nSPS) is 17.8. The Labute approximate surface area is 130 Å². The summed E-state index contributed by atoms with van der Waals surface area (Å²) in [7, 11) is 0. The van der Waals surface area contributed by atoms with E-state index in [-0.39, 0.29) is 0 Å². The first kappa shape index (κ1) is 16.5. The van der Waals surface area contributed by atoms with Crippen molar-refractivity contribution in [1.29, 1.82) is 0 Å². The summed E-state index contributed by atoms with van der Waals surface area (Å²) in [5, 5.41) is 0. The van der Waals surface area contributed by atoms with E-state index in [4.69, 9.17) is 5.73 Å². The Balaban J connectivity index is 2.21. The molecular formula is C19H32N2. The molecule has 0 bridgehead atoms. The van der Waals surface area contributed by atoms with Crippen molar-refractivity contribution in [3.05, 3.63) is 35.4 Å². The summed E-state index contributed by atoms with van der Waals surface area (Å²) in [6.45, 7) is 8.75. The van der Waals surface area contributed by atoms with Gasteiger partial charge in [0.15, 0.2) is 0 Å². The van der Waals surface area contributed by atoms with Crippen LogP contribution >= 0.6 is 0 Å². The Bertz CT molecular complexity index is 421. The van der Waals surface area contributed by atoms with Gasteiger partial charge >= 0.3 is 0 Å². The van der Waals surface area contributed by atoms with Crippen LogP contribution in [0.1, 0.15) is 63.1 Å². The van der Waals surface area contributed by atoms with Crippen LogP contribution in [0.25, 0.3) is 0 Å². The minimum absolute atomic E-state index is 0.382.